The van der Waals surface area contributed by atoms with Crippen molar-refractivity contribution in [1.82, 2.24) is 0 Å². The third-order valence-corrected chi connectivity index (χ3v) is 5.69. The molecular formula is C14H19NO5S. The smallest absolute Gasteiger partial charge is 0.310 e. The van der Waals surface area contributed by atoms with E-state index in [1.165, 1.54) is 19.2 Å². The van der Waals surface area contributed by atoms with Crippen molar-refractivity contribution in [2.24, 2.45) is 5.92 Å². The van der Waals surface area contributed by atoms with Crippen LogP contribution in [0.3, 0.4) is 0 Å². The summed E-state index contributed by atoms with van der Waals surface area (Å²) < 4.78 is 32.1. The number of aryl methyl sites for hydroxylation is 1. The summed E-state index contributed by atoms with van der Waals surface area (Å²) in [6.07, 6.45) is 1.64. The number of methoxy groups -OCH3 is 1. The monoisotopic (exact) mass is 313 g/mol. The molecule has 2 unspecified atom stereocenters. The third kappa shape index (κ3) is 3.29. The molecule has 1 fully saturated rings. The standard InChI is InChI=1S/C14H19NO5S/c1-9-8-10(6-7-12(9)16)15-21(18,19)13-5-3-4-11(13)14(17)20-2/h6-8,11,13,15-16H,3-5H2,1-2H3. The van der Waals surface area contributed by atoms with Gasteiger partial charge in [-0.15, -0.1) is 0 Å². The molecule has 6 nitrogen and oxygen atoms in total. The van der Waals surface area contributed by atoms with Crippen LogP contribution in [-0.4, -0.2) is 31.9 Å². The molecule has 2 N–H and O–H groups in total. The SMILES string of the molecule is COC(=O)C1CCCC1S(=O)(=O)Nc1ccc(O)c(C)c1. The molecule has 1 aromatic carbocycles. The minimum absolute atomic E-state index is 0.103. The summed E-state index contributed by atoms with van der Waals surface area (Å²) in [7, 11) is -2.41. The van der Waals surface area contributed by atoms with E-state index < -0.39 is 27.2 Å². The number of phenols is 1. The van der Waals surface area contributed by atoms with Gasteiger partial charge in [0.25, 0.3) is 0 Å². The average Bonchev–Trinajstić information content (AvgIpc) is 2.92. The summed E-state index contributed by atoms with van der Waals surface area (Å²) in [6.45, 7) is 1.68. The summed E-state index contributed by atoms with van der Waals surface area (Å²) in [5.74, 6) is -0.998. The maximum atomic E-state index is 12.4. The van der Waals surface area contributed by atoms with Crippen LogP contribution in [0, 0.1) is 12.8 Å². The molecule has 7 heteroatoms. The molecule has 1 aromatic rings. The van der Waals surface area contributed by atoms with Gasteiger partial charge in [-0.25, -0.2) is 8.42 Å². The lowest BCUT2D eigenvalue weighted by molar-refractivity contribution is -0.145. The summed E-state index contributed by atoms with van der Waals surface area (Å²) in [4.78, 5) is 11.7. The molecule has 1 aliphatic rings. The van der Waals surface area contributed by atoms with Crippen LogP contribution < -0.4 is 4.72 Å². The number of phenolic OH excluding ortho intramolecular Hbond substituents is 1. The molecule has 0 saturated heterocycles. The molecule has 0 radical (unpaired) electrons. The Bertz CT molecular complexity index is 641. The lowest BCUT2D eigenvalue weighted by Gasteiger charge is -2.19. The number of hydrogen-bond donors (Lipinski definition) is 2. The van der Waals surface area contributed by atoms with Gasteiger partial charge in [0.1, 0.15) is 5.75 Å². The molecule has 0 aromatic heterocycles. The van der Waals surface area contributed by atoms with Crippen LogP contribution >= 0.6 is 0 Å². The van der Waals surface area contributed by atoms with Crippen LogP contribution in [0.4, 0.5) is 5.69 Å². The Morgan fingerprint density at radius 1 is 1.38 bits per heavy atom. The number of carbonyl (C=O) groups excluding carboxylic acids is 1. The van der Waals surface area contributed by atoms with E-state index in [2.05, 4.69) is 9.46 Å². The van der Waals surface area contributed by atoms with Crippen LogP contribution in [0.5, 0.6) is 5.75 Å². The molecule has 2 atom stereocenters. The number of sulfonamides is 1. The van der Waals surface area contributed by atoms with E-state index in [9.17, 15) is 18.3 Å². The van der Waals surface area contributed by atoms with E-state index in [1.54, 1.807) is 13.0 Å². The number of aromatic hydroxyl groups is 1. The molecular weight excluding hydrogens is 294 g/mol. The number of carbonyl (C=O) groups is 1. The van der Waals surface area contributed by atoms with Crippen molar-refractivity contribution in [3.63, 3.8) is 0 Å². The van der Waals surface area contributed by atoms with Crippen molar-refractivity contribution in [3.8, 4) is 5.75 Å². The summed E-state index contributed by atoms with van der Waals surface area (Å²) >= 11 is 0. The zero-order valence-electron chi connectivity index (χ0n) is 12.0. The van der Waals surface area contributed by atoms with Gasteiger partial charge in [0.05, 0.1) is 18.3 Å². The highest BCUT2D eigenvalue weighted by Crippen LogP contribution is 2.33. The van der Waals surface area contributed by atoms with Crippen molar-refractivity contribution < 1.29 is 23.1 Å². The molecule has 1 saturated carbocycles. The van der Waals surface area contributed by atoms with Gasteiger partial charge in [-0.2, -0.15) is 0 Å². The number of anilines is 1. The lowest BCUT2D eigenvalue weighted by Crippen LogP contribution is -2.35. The van der Waals surface area contributed by atoms with E-state index in [1.807, 2.05) is 0 Å². The molecule has 0 amide bonds. The first-order valence-electron chi connectivity index (χ1n) is 6.74. The second-order valence-electron chi connectivity index (χ2n) is 5.25. The lowest BCUT2D eigenvalue weighted by atomic mass is 10.1. The largest absolute Gasteiger partial charge is 0.508 e. The Kier molecular flexibility index (Phi) is 4.41. The maximum absolute atomic E-state index is 12.4. The van der Waals surface area contributed by atoms with Crippen molar-refractivity contribution >= 4 is 21.7 Å². The van der Waals surface area contributed by atoms with Gasteiger partial charge < -0.3 is 9.84 Å². The first-order chi connectivity index (χ1) is 9.85. The second kappa shape index (κ2) is 5.93. The Hall–Kier alpha value is -1.76. The molecule has 0 bridgehead atoms. The minimum Gasteiger partial charge on any atom is -0.508 e. The zero-order valence-corrected chi connectivity index (χ0v) is 12.8. The van der Waals surface area contributed by atoms with E-state index >= 15 is 0 Å². The Labute approximate surface area is 124 Å². The Balaban J connectivity index is 2.21. The second-order valence-corrected chi connectivity index (χ2v) is 7.15. The van der Waals surface area contributed by atoms with Gasteiger partial charge in [0.2, 0.25) is 10.0 Å². The summed E-state index contributed by atoms with van der Waals surface area (Å²) in [6, 6.07) is 4.47. The highest BCUT2D eigenvalue weighted by atomic mass is 32.2. The molecule has 0 aliphatic heterocycles. The van der Waals surface area contributed by atoms with Gasteiger partial charge in [-0.1, -0.05) is 6.42 Å². The predicted molar refractivity (Wildman–Crippen MR) is 78.5 cm³/mol. The highest BCUT2D eigenvalue weighted by molar-refractivity contribution is 7.93. The number of rotatable bonds is 4. The van der Waals surface area contributed by atoms with Crippen LogP contribution in [0.1, 0.15) is 24.8 Å². The Morgan fingerprint density at radius 2 is 2.10 bits per heavy atom. The normalized spacial score (nSPS) is 22.0. The molecule has 1 aliphatic carbocycles. The van der Waals surface area contributed by atoms with Gasteiger partial charge in [0.15, 0.2) is 0 Å². The third-order valence-electron chi connectivity index (χ3n) is 3.81. The number of nitrogens with one attached hydrogen (secondary N) is 1. The zero-order chi connectivity index (χ0) is 15.6. The fourth-order valence-corrected chi connectivity index (χ4v) is 4.44. The van der Waals surface area contributed by atoms with E-state index in [-0.39, 0.29) is 5.75 Å². The molecule has 21 heavy (non-hydrogen) atoms. The van der Waals surface area contributed by atoms with E-state index in [4.69, 9.17) is 0 Å². The van der Waals surface area contributed by atoms with Gasteiger partial charge >= 0.3 is 5.97 Å². The number of esters is 1. The Morgan fingerprint density at radius 3 is 2.71 bits per heavy atom. The van der Waals surface area contributed by atoms with Gasteiger partial charge in [-0.05, 0) is 43.5 Å². The number of ether oxygens (including phenoxy) is 1. The highest BCUT2D eigenvalue weighted by Gasteiger charge is 2.42. The molecule has 0 spiro atoms. The first kappa shape index (κ1) is 15.6. The van der Waals surface area contributed by atoms with Crippen LogP contribution in [-0.2, 0) is 19.6 Å². The quantitative estimate of drug-likeness (QED) is 0.653. The molecule has 116 valence electrons. The van der Waals surface area contributed by atoms with Gasteiger partial charge in [-0.3, -0.25) is 9.52 Å². The van der Waals surface area contributed by atoms with Crippen molar-refractivity contribution in [3.05, 3.63) is 23.8 Å². The minimum atomic E-state index is -3.68. The van der Waals surface area contributed by atoms with E-state index in [0.29, 0.717) is 30.5 Å². The van der Waals surface area contributed by atoms with Crippen molar-refractivity contribution in [2.45, 2.75) is 31.4 Å². The van der Waals surface area contributed by atoms with Crippen molar-refractivity contribution in [2.75, 3.05) is 11.8 Å². The van der Waals surface area contributed by atoms with Crippen LogP contribution in [0.25, 0.3) is 0 Å². The van der Waals surface area contributed by atoms with Crippen LogP contribution in [0.2, 0.25) is 0 Å². The van der Waals surface area contributed by atoms with Crippen LogP contribution in [0.15, 0.2) is 18.2 Å². The summed E-state index contributed by atoms with van der Waals surface area (Å²) in [5, 5.41) is 8.68. The maximum Gasteiger partial charge on any atom is 0.310 e. The van der Waals surface area contributed by atoms with Crippen molar-refractivity contribution in [1.29, 1.82) is 0 Å². The fraction of sp³-hybridized carbons (Fsp3) is 0.500. The van der Waals surface area contributed by atoms with Gasteiger partial charge in [0, 0.05) is 5.69 Å². The topological polar surface area (TPSA) is 92.7 Å². The summed E-state index contributed by atoms with van der Waals surface area (Å²) in [5.41, 5.74) is 0.951. The fourth-order valence-electron chi connectivity index (χ4n) is 2.68. The first-order valence-corrected chi connectivity index (χ1v) is 8.29. The number of hydrogen-bond acceptors (Lipinski definition) is 5. The molecule has 2 rings (SSSR count). The predicted octanol–water partition coefficient (Wildman–Crippen LogP) is 1.78. The average molecular weight is 313 g/mol. The van der Waals surface area contributed by atoms with E-state index in [0.717, 1.165) is 0 Å². The molecule has 0 heterocycles. The number of benzene rings is 1.